The second-order valence-corrected chi connectivity index (χ2v) is 6.70. The maximum Gasteiger partial charge on any atom is 0.244 e. The third-order valence-electron chi connectivity index (χ3n) is 4.23. The summed E-state index contributed by atoms with van der Waals surface area (Å²) in [6, 6.07) is 3.94. The zero-order valence-electron chi connectivity index (χ0n) is 15.1. The van der Waals surface area contributed by atoms with Gasteiger partial charge in [-0.2, -0.15) is 4.98 Å². The topological polar surface area (TPSA) is 73.5 Å². The maximum absolute atomic E-state index is 5.67. The Bertz CT molecular complexity index is 674. The molecule has 1 fully saturated rings. The van der Waals surface area contributed by atoms with Gasteiger partial charge in [-0.05, 0) is 37.4 Å². The summed E-state index contributed by atoms with van der Waals surface area (Å²) in [5, 5.41) is 4.17. The molecule has 1 unspecified atom stereocenters. The summed E-state index contributed by atoms with van der Waals surface area (Å²) in [6.07, 6.45) is 3.90. The van der Waals surface area contributed by atoms with Crippen LogP contribution in [-0.4, -0.2) is 53.4 Å². The van der Waals surface area contributed by atoms with Crippen LogP contribution in [0.3, 0.4) is 0 Å². The van der Waals surface area contributed by atoms with Crippen molar-refractivity contribution >= 4 is 0 Å². The van der Waals surface area contributed by atoms with Crippen LogP contribution >= 0.6 is 0 Å². The first-order valence-electron chi connectivity index (χ1n) is 8.83. The smallest absolute Gasteiger partial charge is 0.244 e. The van der Waals surface area contributed by atoms with Gasteiger partial charge in [-0.3, -0.25) is 4.90 Å². The molecule has 0 N–H and O–H groups in total. The predicted octanol–water partition coefficient (Wildman–Crippen LogP) is 2.95. The summed E-state index contributed by atoms with van der Waals surface area (Å²) in [4.78, 5) is 11.3. The highest BCUT2D eigenvalue weighted by Gasteiger charge is 2.31. The first-order chi connectivity index (χ1) is 12.2. The minimum absolute atomic E-state index is 0.207. The Morgan fingerprint density at radius 2 is 2.24 bits per heavy atom. The molecule has 7 nitrogen and oxygen atoms in total. The number of hydrogen-bond donors (Lipinski definition) is 0. The van der Waals surface area contributed by atoms with Crippen molar-refractivity contribution in [3.63, 3.8) is 0 Å². The molecule has 1 aliphatic heterocycles. The average molecular weight is 346 g/mol. The Hall–Kier alpha value is -1.99. The molecule has 0 spiro atoms. The van der Waals surface area contributed by atoms with Crippen LogP contribution in [0.25, 0.3) is 11.4 Å². The third-order valence-corrected chi connectivity index (χ3v) is 4.23. The molecule has 1 atom stereocenters. The molecule has 0 aromatic carbocycles. The monoisotopic (exact) mass is 346 g/mol. The van der Waals surface area contributed by atoms with E-state index >= 15 is 0 Å². The highest BCUT2D eigenvalue weighted by Crippen LogP contribution is 2.33. The van der Waals surface area contributed by atoms with Crippen LogP contribution in [0.2, 0.25) is 0 Å². The van der Waals surface area contributed by atoms with E-state index in [0.29, 0.717) is 36.7 Å². The maximum atomic E-state index is 5.67. The molecule has 0 aliphatic carbocycles. The normalized spacial score (nSPS) is 18.2. The largest absolute Gasteiger partial charge is 0.475 e. The molecule has 7 heteroatoms. The highest BCUT2D eigenvalue weighted by atomic mass is 16.5. The molecule has 1 saturated heterocycles. The van der Waals surface area contributed by atoms with Crippen LogP contribution in [-0.2, 0) is 4.74 Å². The van der Waals surface area contributed by atoms with E-state index in [9.17, 15) is 0 Å². The van der Waals surface area contributed by atoms with Gasteiger partial charge in [0.15, 0.2) is 0 Å². The Labute approximate surface area is 148 Å². The summed E-state index contributed by atoms with van der Waals surface area (Å²) >= 11 is 0. The van der Waals surface area contributed by atoms with Gasteiger partial charge in [-0.1, -0.05) is 19.0 Å². The van der Waals surface area contributed by atoms with E-state index in [1.807, 2.05) is 12.1 Å². The fourth-order valence-corrected chi connectivity index (χ4v) is 3.17. The lowest BCUT2D eigenvalue weighted by Gasteiger charge is -2.23. The standard InChI is InChI=1S/C18H26N4O3/c1-13(2)12-22-9-5-7-15(22)18-20-16(21-25-18)14-6-4-8-19-17(14)24-11-10-23-3/h4,6,8,13,15H,5,7,9-12H2,1-3H3. The average Bonchev–Trinajstić information content (AvgIpc) is 3.24. The molecule has 0 bridgehead atoms. The van der Waals surface area contributed by atoms with E-state index in [1.54, 1.807) is 13.3 Å². The van der Waals surface area contributed by atoms with Gasteiger partial charge in [0, 0.05) is 19.9 Å². The first kappa shape index (κ1) is 17.8. The van der Waals surface area contributed by atoms with Crippen molar-refractivity contribution < 1.29 is 14.0 Å². The molecule has 2 aromatic heterocycles. The van der Waals surface area contributed by atoms with E-state index in [0.717, 1.165) is 31.5 Å². The van der Waals surface area contributed by atoms with Crippen molar-refractivity contribution in [2.24, 2.45) is 5.92 Å². The summed E-state index contributed by atoms with van der Waals surface area (Å²) in [6.45, 7) is 7.51. The van der Waals surface area contributed by atoms with Gasteiger partial charge < -0.3 is 14.0 Å². The van der Waals surface area contributed by atoms with E-state index < -0.39 is 0 Å². The van der Waals surface area contributed by atoms with Crippen molar-refractivity contribution in [2.45, 2.75) is 32.7 Å². The lowest BCUT2D eigenvalue weighted by molar-refractivity contribution is 0.144. The zero-order chi connectivity index (χ0) is 17.6. The number of pyridine rings is 1. The zero-order valence-corrected chi connectivity index (χ0v) is 15.1. The first-order valence-corrected chi connectivity index (χ1v) is 8.83. The molecule has 0 amide bonds. The fraction of sp³-hybridized carbons (Fsp3) is 0.611. The van der Waals surface area contributed by atoms with Crippen molar-refractivity contribution in [3.05, 3.63) is 24.2 Å². The van der Waals surface area contributed by atoms with Crippen molar-refractivity contribution in [3.8, 4) is 17.3 Å². The minimum Gasteiger partial charge on any atom is -0.475 e. The second-order valence-electron chi connectivity index (χ2n) is 6.70. The molecule has 25 heavy (non-hydrogen) atoms. The number of ether oxygens (including phenoxy) is 2. The van der Waals surface area contributed by atoms with Crippen LogP contribution in [0, 0.1) is 5.92 Å². The van der Waals surface area contributed by atoms with E-state index in [1.165, 1.54) is 0 Å². The third kappa shape index (κ3) is 4.35. The van der Waals surface area contributed by atoms with Crippen LogP contribution in [0.4, 0.5) is 0 Å². The van der Waals surface area contributed by atoms with Gasteiger partial charge >= 0.3 is 0 Å². The van der Waals surface area contributed by atoms with Crippen molar-refractivity contribution in [1.82, 2.24) is 20.0 Å². The molecule has 3 heterocycles. The van der Waals surface area contributed by atoms with Gasteiger partial charge in [-0.15, -0.1) is 0 Å². The summed E-state index contributed by atoms with van der Waals surface area (Å²) in [5.41, 5.74) is 0.738. The van der Waals surface area contributed by atoms with Crippen LogP contribution in [0.1, 0.15) is 38.6 Å². The van der Waals surface area contributed by atoms with Crippen LogP contribution in [0.5, 0.6) is 5.88 Å². The molecule has 0 radical (unpaired) electrons. The predicted molar refractivity (Wildman–Crippen MR) is 93.3 cm³/mol. The number of nitrogens with zero attached hydrogens (tertiary/aromatic N) is 4. The lowest BCUT2D eigenvalue weighted by atomic mass is 10.1. The Morgan fingerprint density at radius 1 is 1.36 bits per heavy atom. The summed E-state index contributed by atoms with van der Waals surface area (Å²) in [7, 11) is 1.64. The lowest BCUT2D eigenvalue weighted by Crippen LogP contribution is -2.27. The number of aromatic nitrogens is 3. The van der Waals surface area contributed by atoms with E-state index in [2.05, 4.69) is 33.9 Å². The Morgan fingerprint density at radius 3 is 3.04 bits per heavy atom. The van der Waals surface area contributed by atoms with Crippen LogP contribution in [0.15, 0.2) is 22.9 Å². The van der Waals surface area contributed by atoms with Crippen LogP contribution < -0.4 is 4.74 Å². The number of likely N-dealkylation sites (tertiary alicyclic amines) is 1. The minimum atomic E-state index is 0.207. The molecule has 3 rings (SSSR count). The van der Waals surface area contributed by atoms with Crippen molar-refractivity contribution in [1.29, 1.82) is 0 Å². The Kier molecular flexibility index (Phi) is 5.99. The SMILES string of the molecule is COCCOc1ncccc1-c1noc(C2CCCN2CC(C)C)n1. The number of methoxy groups -OCH3 is 1. The molecule has 1 aliphatic rings. The second kappa shape index (κ2) is 8.40. The van der Waals surface area contributed by atoms with E-state index in [-0.39, 0.29) is 6.04 Å². The van der Waals surface area contributed by atoms with Gasteiger partial charge in [0.25, 0.3) is 0 Å². The molecule has 136 valence electrons. The van der Waals surface area contributed by atoms with Gasteiger partial charge in [-0.25, -0.2) is 4.98 Å². The number of hydrogen-bond acceptors (Lipinski definition) is 7. The van der Waals surface area contributed by atoms with Gasteiger partial charge in [0.05, 0.1) is 18.2 Å². The molecular weight excluding hydrogens is 320 g/mol. The molecule has 2 aromatic rings. The quantitative estimate of drug-likeness (QED) is 0.680. The number of rotatable bonds is 8. The van der Waals surface area contributed by atoms with Crippen molar-refractivity contribution in [2.75, 3.05) is 33.4 Å². The Balaban J connectivity index is 1.77. The van der Waals surface area contributed by atoms with Gasteiger partial charge in [0.2, 0.25) is 17.6 Å². The fourth-order valence-electron chi connectivity index (χ4n) is 3.17. The summed E-state index contributed by atoms with van der Waals surface area (Å²) in [5.74, 6) is 2.31. The molecule has 0 saturated carbocycles. The summed E-state index contributed by atoms with van der Waals surface area (Å²) < 4.78 is 16.3. The molecular formula is C18H26N4O3. The highest BCUT2D eigenvalue weighted by molar-refractivity contribution is 5.60. The van der Waals surface area contributed by atoms with Gasteiger partial charge in [0.1, 0.15) is 6.61 Å². The van der Waals surface area contributed by atoms with E-state index in [4.69, 9.17) is 14.0 Å².